The molecule has 26 heavy (non-hydrogen) atoms. The predicted molar refractivity (Wildman–Crippen MR) is 104 cm³/mol. The number of hydrogen-bond donors (Lipinski definition) is 1. The predicted octanol–water partition coefficient (Wildman–Crippen LogP) is 3.71. The maximum atomic E-state index is 12.5. The fourth-order valence-corrected chi connectivity index (χ4v) is 3.64. The van der Waals surface area contributed by atoms with Crippen LogP contribution in [0.3, 0.4) is 0 Å². The summed E-state index contributed by atoms with van der Waals surface area (Å²) in [7, 11) is -3.45. The molecule has 2 aromatic carbocycles. The molecule has 2 rings (SSSR count). The van der Waals surface area contributed by atoms with Gasteiger partial charge in [0.15, 0.2) is 0 Å². The van der Waals surface area contributed by atoms with Gasteiger partial charge in [-0.05, 0) is 50.1 Å². The third-order valence-corrected chi connectivity index (χ3v) is 6.29. The first-order valence-electron chi connectivity index (χ1n) is 8.77. The molecule has 0 saturated heterocycles. The molecular weight excluding hydrogens is 350 g/mol. The molecule has 0 aliphatic rings. The number of ether oxygens (including phenoxy) is 2. The second-order valence-corrected chi connectivity index (χ2v) is 8.76. The van der Waals surface area contributed by atoms with E-state index in [4.69, 9.17) is 9.47 Å². The van der Waals surface area contributed by atoms with Crippen LogP contribution in [0.15, 0.2) is 54.6 Å². The van der Waals surface area contributed by atoms with E-state index in [1.54, 1.807) is 38.1 Å². The molecule has 6 heteroatoms. The van der Waals surface area contributed by atoms with Crippen LogP contribution in [0.5, 0.6) is 11.5 Å². The summed E-state index contributed by atoms with van der Waals surface area (Å²) in [5.41, 5.74) is 0.717. The molecule has 0 heterocycles. The van der Waals surface area contributed by atoms with Crippen LogP contribution in [0.25, 0.3) is 0 Å². The zero-order valence-corrected chi connectivity index (χ0v) is 16.4. The maximum absolute atomic E-state index is 12.5. The van der Waals surface area contributed by atoms with Gasteiger partial charge in [-0.15, -0.1) is 0 Å². The number of hydrogen-bond acceptors (Lipinski definition) is 4. The fraction of sp³-hybridized carbons (Fsp3) is 0.400. The molecule has 0 bridgehead atoms. The molecule has 0 unspecified atom stereocenters. The average Bonchev–Trinajstić information content (AvgIpc) is 2.65. The van der Waals surface area contributed by atoms with Gasteiger partial charge in [-0.1, -0.05) is 37.3 Å². The monoisotopic (exact) mass is 377 g/mol. The topological polar surface area (TPSA) is 64.6 Å². The third kappa shape index (κ3) is 5.22. The highest BCUT2D eigenvalue weighted by molar-refractivity contribution is 7.90. The van der Waals surface area contributed by atoms with Gasteiger partial charge in [-0.2, -0.15) is 0 Å². The molecule has 0 aliphatic carbocycles. The van der Waals surface area contributed by atoms with Crippen molar-refractivity contribution in [3.05, 3.63) is 60.2 Å². The van der Waals surface area contributed by atoms with Crippen LogP contribution in [-0.4, -0.2) is 28.2 Å². The van der Waals surface area contributed by atoms with Crippen molar-refractivity contribution >= 4 is 10.0 Å². The van der Waals surface area contributed by atoms with E-state index >= 15 is 0 Å². The number of rotatable bonds is 10. The molecule has 0 radical (unpaired) electrons. The van der Waals surface area contributed by atoms with Gasteiger partial charge in [-0.3, -0.25) is 0 Å². The maximum Gasteiger partial charge on any atom is 0.221 e. The van der Waals surface area contributed by atoms with E-state index in [-0.39, 0.29) is 0 Å². The summed E-state index contributed by atoms with van der Waals surface area (Å²) in [4.78, 5) is 0. The van der Waals surface area contributed by atoms with Crippen molar-refractivity contribution in [2.45, 2.75) is 31.9 Å². The number of nitrogens with one attached hydrogen (secondary N) is 1. The Morgan fingerprint density at radius 1 is 0.885 bits per heavy atom. The molecule has 0 saturated carbocycles. The first kappa shape index (κ1) is 20.3. The van der Waals surface area contributed by atoms with Crippen molar-refractivity contribution in [2.75, 3.05) is 19.8 Å². The number of benzene rings is 2. The van der Waals surface area contributed by atoms with Crippen LogP contribution < -0.4 is 14.2 Å². The lowest BCUT2D eigenvalue weighted by molar-refractivity contribution is 0.217. The van der Waals surface area contributed by atoms with Crippen molar-refractivity contribution in [3.8, 4) is 11.5 Å². The third-order valence-electron chi connectivity index (χ3n) is 4.13. The highest BCUT2D eigenvalue weighted by Gasteiger charge is 2.35. The molecule has 142 valence electrons. The Kier molecular flexibility index (Phi) is 7.06. The van der Waals surface area contributed by atoms with E-state index in [1.165, 1.54) is 0 Å². The molecule has 0 aromatic heterocycles. The summed E-state index contributed by atoms with van der Waals surface area (Å²) >= 11 is 0. The quantitative estimate of drug-likeness (QED) is 0.641. The van der Waals surface area contributed by atoms with E-state index < -0.39 is 14.8 Å². The second kappa shape index (κ2) is 9.05. The average molecular weight is 378 g/mol. The summed E-state index contributed by atoms with van der Waals surface area (Å²) in [5, 5.41) is 0. The normalized spacial score (nSPS) is 12.0. The molecule has 0 aliphatic heterocycles. The lowest BCUT2D eigenvalue weighted by Crippen LogP contribution is -2.39. The number of para-hydroxylation sites is 1. The van der Waals surface area contributed by atoms with Gasteiger partial charge in [-0.25, -0.2) is 13.1 Å². The van der Waals surface area contributed by atoms with E-state index in [0.29, 0.717) is 31.1 Å². The Bertz CT molecular complexity index is 771. The van der Waals surface area contributed by atoms with Crippen LogP contribution >= 0.6 is 0 Å². The van der Waals surface area contributed by atoms with E-state index in [0.717, 1.165) is 12.2 Å². The molecular formula is C20H27NO4S. The van der Waals surface area contributed by atoms with Gasteiger partial charge in [0, 0.05) is 6.54 Å². The van der Waals surface area contributed by atoms with Crippen molar-refractivity contribution < 1.29 is 17.9 Å². The minimum Gasteiger partial charge on any atom is -0.490 e. The summed E-state index contributed by atoms with van der Waals surface area (Å²) in [6.07, 6.45) is 0.757. The molecule has 0 atom stereocenters. The van der Waals surface area contributed by atoms with E-state index in [1.807, 2.05) is 37.3 Å². The molecule has 0 fully saturated rings. The van der Waals surface area contributed by atoms with Crippen LogP contribution in [0.2, 0.25) is 0 Å². The Hall–Kier alpha value is -2.05. The van der Waals surface area contributed by atoms with E-state index in [9.17, 15) is 8.42 Å². The zero-order valence-electron chi connectivity index (χ0n) is 15.6. The van der Waals surface area contributed by atoms with E-state index in [2.05, 4.69) is 4.72 Å². The van der Waals surface area contributed by atoms with Gasteiger partial charge < -0.3 is 9.47 Å². The van der Waals surface area contributed by atoms with Crippen molar-refractivity contribution in [2.24, 2.45) is 0 Å². The molecule has 2 aromatic rings. The minimum absolute atomic E-state index is 0.411. The molecule has 1 N–H and O–H groups in total. The highest BCUT2D eigenvalue weighted by Crippen LogP contribution is 2.30. The lowest BCUT2D eigenvalue weighted by Gasteiger charge is -2.25. The van der Waals surface area contributed by atoms with Gasteiger partial charge >= 0.3 is 0 Å². The minimum atomic E-state index is -3.45. The first-order valence-corrected chi connectivity index (χ1v) is 10.3. The Morgan fingerprint density at radius 3 is 1.96 bits per heavy atom. The molecule has 0 spiro atoms. The Balaban J connectivity index is 1.91. The summed E-state index contributed by atoms with van der Waals surface area (Å²) in [6, 6.07) is 16.7. The van der Waals surface area contributed by atoms with Crippen LogP contribution in [0, 0.1) is 0 Å². The zero-order chi connectivity index (χ0) is 19.0. The van der Waals surface area contributed by atoms with Gasteiger partial charge in [0.2, 0.25) is 10.0 Å². The first-order chi connectivity index (χ1) is 12.4. The SMILES string of the molecule is CCCNS(=O)(=O)C(C)(C)c1ccc(OCCOc2ccccc2)cc1. The standard InChI is InChI=1S/C20H27NO4S/c1-4-14-21-26(22,23)20(2,3)17-10-12-19(13-11-17)25-16-15-24-18-8-6-5-7-9-18/h5-13,21H,4,14-16H2,1-3H3. The summed E-state index contributed by atoms with van der Waals surface area (Å²) < 4.78 is 37.8. The van der Waals surface area contributed by atoms with Gasteiger partial charge in [0.05, 0.1) is 0 Å². The second-order valence-electron chi connectivity index (χ2n) is 6.44. The summed E-state index contributed by atoms with van der Waals surface area (Å²) in [6.45, 7) is 6.63. The lowest BCUT2D eigenvalue weighted by atomic mass is 10.0. The largest absolute Gasteiger partial charge is 0.490 e. The van der Waals surface area contributed by atoms with Crippen molar-refractivity contribution in [3.63, 3.8) is 0 Å². The van der Waals surface area contributed by atoms with Crippen molar-refractivity contribution in [1.82, 2.24) is 4.72 Å². The van der Waals surface area contributed by atoms with Gasteiger partial charge in [0.25, 0.3) is 0 Å². The smallest absolute Gasteiger partial charge is 0.221 e. The van der Waals surface area contributed by atoms with Crippen molar-refractivity contribution in [1.29, 1.82) is 0 Å². The Morgan fingerprint density at radius 2 is 1.42 bits per heavy atom. The van der Waals surface area contributed by atoms with Crippen LogP contribution in [0.4, 0.5) is 0 Å². The number of sulfonamides is 1. The van der Waals surface area contributed by atoms with Crippen LogP contribution in [0.1, 0.15) is 32.8 Å². The molecule has 0 amide bonds. The summed E-state index contributed by atoms with van der Waals surface area (Å²) in [5.74, 6) is 1.48. The highest BCUT2D eigenvalue weighted by atomic mass is 32.2. The van der Waals surface area contributed by atoms with Gasteiger partial charge in [0.1, 0.15) is 29.5 Å². The Labute approximate surface area is 156 Å². The van der Waals surface area contributed by atoms with Crippen LogP contribution in [-0.2, 0) is 14.8 Å². The fourth-order valence-electron chi connectivity index (χ4n) is 2.36. The molecule has 5 nitrogen and oxygen atoms in total.